The molecule has 1 aromatic heterocycles. The van der Waals surface area contributed by atoms with Crippen molar-refractivity contribution in [3.05, 3.63) is 91.3 Å². The van der Waals surface area contributed by atoms with Gasteiger partial charge in [0.05, 0.1) is 21.9 Å². The van der Waals surface area contributed by atoms with Crippen LogP contribution in [0.15, 0.2) is 57.9 Å². The number of furan rings is 1. The van der Waals surface area contributed by atoms with E-state index < -0.39 is 21.9 Å². The predicted molar refractivity (Wildman–Crippen MR) is 118 cm³/mol. The van der Waals surface area contributed by atoms with E-state index in [1.807, 2.05) is 0 Å². The largest absolute Gasteiger partial charge is 0.456 e. The number of amides is 2. The Morgan fingerprint density at radius 3 is 2.72 bits per heavy atom. The summed E-state index contributed by atoms with van der Waals surface area (Å²) < 4.78 is 19.7. The van der Waals surface area contributed by atoms with E-state index in [1.54, 1.807) is 31.2 Å². The average Bonchev–Trinajstić information content (AvgIpc) is 3.30. The van der Waals surface area contributed by atoms with Gasteiger partial charge in [0, 0.05) is 22.7 Å². The zero-order valence-corrected chi connectivity index (χ0v) is 18.1. The minimum absolute atomic E-state index is 0.0460. The van der Waals surface area contributed by atoms with Crippen molar-refractivity contribution in [3.8, 4) is 11.3 Å². The zero-order valence-electron chi connectivity index (χ0n) is 16.5. The Morgan fingerprint density at radius 1 is 1.22 bits per heavy atom. The maximum Gasteiger partial charge on any atom is 0.293 e. The minimum atomic E-state index is -0.615. The van der Waals surface area contributed by atoms with E-state index >= 15 is 0 Å². The second-order valence-electron chi connectivity index (χ2n) is 6.95. The Kier molecular flexibility index (Phi) is 5.86. The standard InChI is InChI=1S/C22H14ClFN2O5S/c1-12-5-7-14(18(9-12)26(29)30)19-8-6-13(31-19)10-20-21(27)25(22(28)32-20)11-15-16(23)3-2-4-17(15)24/h2-10H,11H2,1H3/b20-10+. The molecule has 1 saturated heterocycles. The molecule has 1 fully saturated rings. The number of nitro benzene ring substituents is 1. The number of benzene rings is 2. The first-order valence-electron chi connectivity index (χ1n) is 9.28. The van der Waals surface area contributed by atoms with E-state index in [1.165, 1.54) is 30.3 Å². The minimum Gasteiger partial charge on any atom is -0.456 e. The average molecular weight is 473 g/mol. The van der Waals surface area contributed by atoms with Crippen LogP contribution in [0, 0.1) is 22.9 Å². The maximum atomic E-state index is 14.1. The van der Waals surface area contributed by atoms with Crippen molar-refractivity contribution in [2.75, 3.05) is 0 Å². The van der Waals surface area contributed by atoms with Crippen LogP contribution in [0.1, 0.15) is 16.9 Å². The van der Waals surface area contributed by atoms with Crippen molar-refractivity contribution in [1.29, 1.82) is 0 Å². The molecule has 0 radical (unpaired) electrons. The number of aryl methyl sites for hydroxylation is 1. The molecule has 4 rings (SSSR count). The van der Waals surface area contributed by atoms with Gasteiger partial charge in [0.25, 0.3) is 16.8 Å². The van der Waals surface area contributed by atoms with E-state index in [4.69, 9.17) is 16.0 Å². The van der Waals surface area contributed by atoms with Crippen LogP contribution >= 0.6 is 23.4 Å². The van der Waals surface area contributed by atoms with Gasteiger partial charge in [0.1, 0.15) is 17.3 Å². The lowest BCUT2D eigenvalue weighted by molar-refractivity contribution is -0.384. The molecule has 3 aromatic rings. The topological polar surface area (TPSA) is 93.7 Å². The normalized spacial score (nSPS) is 15.1. The third kappa shape index (κ3) is 4.17. The molecule has 0 bridgehead atoms. The van der Waals surface area contributed by atoms with Crippen molar-refractivity contribution in [1.82, 2.24) is 4.90 Å². The Labute approximate surface area is 190 Å². The molecule has 0 N–H and O–H groups in total. The van der Waals surface area contributed by atoms with Gasteiger partial charge in [-0.15, -0.1) is 0 Å². The molecule has 2 aromatic carbocycles. The molecule has 1 aliphatic rings. The van der Waals surface area contributed by atoms with Gasteiger partial charge in [-0.3, -0.25) is 24.6 Å². The monoisotopic (exact) mass is 472 g/mol. The van der Waals surface area contributed by atoms with Crippen LogP contribution in [0.3, 0.4) is 0 Å². The van der Waals surface area contributed by atoms with Crippen molar-refractivity contribution in [3.63, 3.8) is 0 Å². The van der Waals surface area contributed by atoms with E-state index in [-0.39, 0.29) is 39.2 Å². The van der Waals surface area contributed by atoms with Crippen molar-refractivity contribution in [2.24, 2.45) is 0 Å². The van der Waals surface area contributed by atoms with E-state index in [9.17, 15) is 24.1 Å². The second kappa shape index (κ2) is 8.60. The number of carbonyl (C=O) groups is 2. The summed E-state index contributed by atoms with van der Waals surface area (Å²) in [5.74, 6) is -0.737. The fourth-order valence-electron chi connectivity index (χ4n) is 3.18. The van der Waals surface area contributed by atoms with Crippen LogP contribution in [0.4, 0.5) is 14.9 Å². The molecule has 0 aliphatic carbocycles. The highest BCUT2D eigenvalue weighted by Crippen LogP contribution is 2.36. The number of hydrogen-bond acceptors (Lipinski definition) is 6. The van der Waals surface area contributed by atoms with Gasteiger partial charge in [0.2, 0.25) is 0 Å². The fourth-order valence-corrected chi connectivity index (χ4v) is 4.22. The van der Waals surface area contributed by atoms with Gasteiger partial charge in [0.15, 0.2) is 0 Å². The molecule has 0 saturated carbocycles. The van der Waals surface area contributed by atoms with E-state index in [0.717, 1.165) is 10.5 Å². The smallest absolute Gasteiger partial charge is 0.293 e. The molecule has 2 amide bonds. The van der Waals surface area contributed by atoms with Gasteiger partial charge in [-0.2, -0.15) is 0 Å². The Hall–Kier alpha value is -3.43. The van der Waals surface area contributed by atoms with Crippen LogP contribution < -0.4 is 0 Å². The predicted octanol–water partition coefficient (Wildman–Crippen LogP) is 6.19. The van der Waals surface area contributed by atoms with Crippen LogP contribution in [0.25, 0.3) is 17.4 Å². The maximum absolute atomic E-state index is 14.1. The Balaban J connectivity index is 1.60. The summed E-state index contributed by atoms with van der Waals surface area (Å²) >= 11 is 6.69. The van der Waals surface area contributed by atoms with E-state index in [0.29, 0.717) is 17.3 Å². The first-order chi connectivity index (χ1) is 15.2. The van der Waals surface area contributed by atoms with Crippen molar-refractivity contribution < 1.29 is 23.3 Å². The molecule has 10 heteroatoms. The Morgan fingerprint density at radius 2 is 2.00 bits per heavy atom. The number of nitro groups is 1. The molecule has 0 spiro atoms. The van der Waals surface area contributed by atoms with Crippen LogP contribution in [-0.4, -0.2) is 21.0 Å². The van der Waals surface area contributed by atoms with Gasteiger partial charge in [-0.1, -0.05) is 23.7 Å². The highest BCUT2D eigenvalue weighted by molar-refractivity contribution is 8.18. The third-order valence-electron chi connectivity index (χ3n) is 4.77. The first-order valence-corrected chi connectivity index (χ1v) is 10.5. The molecular weight excluding hydrogens is 459 g/mol. The van der Waals surface area contributed by atoms with Crippen molar-refractivity contribution in [2.45, 2.75) is 13.5 Å². The molecule has 0 atom stereocenters. The summed E-state index contributed by atoms with van der Waals surface area (Å²) in [6.45, 7) is 1.45. The lowest BCUT2D eigenvalue weighted by Gasteiger charge is -2.14. The summed E-state index contributed by atoms with van der Waals surface area (Å²) in [7, 11) is 0. The van der Waals surface area contributed by atoms with Gasteiger partial charge in [-0.05, 0) is 54.6 Å². The van der Waals surface area contributed by atoms with Crippen LogP contribution in [0.2, 0.25) is 5.02 Å². The highest BCUT2D eigenvalue weighted by atomic mass is 35.5. The summed E-state index contributed by atoms with van der Waals surface area (Å²) in [6.07, 6.45) is 1.37. The Bertz CT molecular complexity index is 1280. The number of thioether (sulfide) groups is 1. The second-order valence-corrected chi connectivity index (χ2v) is 8.35. The lowest BCUT2D eigenvalue weighted by atomic mass is 10.1. The third-order valence-corrected chi connectivity index (χ3v) is 6.03. The summed E-state index contributed by atoms with van der Waals surface area (Å²) in [5, 5.41) is 10.9. The molecular formula is C22H14ClFN2O5S. The lowest BCUT2D eigenvalue weighted by Crippen LogP contribution is -2.28. The number of nitrogens with zero attached hydrogens (tertiary/aromatic N) is 2. The van der Waals surface area contributed by atoms with Crippen molar-refractivity contribution >= 4 is 46.3 Å². The van der Waals surface area contributed by atoms with Gasteiger partial charge < -0.3 is 4.42 Å². The fraction of sp³-hybridized carbons (Fsp3) is 0.0909. The molecule has 162 valence electrons. The van der Waals surface area contributed by atoms with Crippen LogP contribution in [0.5, 0.6) is 0 Å². The quantitative estimate of drug-likeness (QED) is 0.249. The number of hydrogen-bond donors (Lipinski definition) is 0. The van der Waals surface area contributed by atoms with Gasteiger partial charge in [-0.25, -0.2) is 4.39 Å². The molecule has 2 heterocycles. The highest BCUT2D eigenvalue weighted by Gasteiger charge is 2.36. The number of halogens is 2. The molecule has 7 nitrogen and oxygen atoms in total. The molecule has 1 aliphatic heterocycles. The number of imide groups is 1. The van der Waals surface area contributed by atoms with Gasteiger partial charge >= 0.3 is 0 Å². The summed E-state index contributed by atoms with van der Waals surface area (Å²) in [4.78, 5) is 36.9. The SMILES string of the molecule is Cc1ccc(-c2ccc(/C=C3/SC(=O)N(Cc4c(F)cccc4Cl)C3=O)o2)c([N+](=O)[O-])c1. The van der Waals surface area contributed by atoms with E-state index in [2.05, 4.69) is 0 Å². The summed E-state index contributed by atoms with van der Waals surface area (Å²) in [5.41, 5.74) is 0.969. The molecule has 32 heavy (non-hydrogen) atoms. The molecule has 0 unspecified atom stereocenters. The summed E-state index contributed by atoms with van der Waals surface area (Å²) in [6, 6.07) is 12.0. The van der Waals surface area contributed by atoms with Crippen LogP contribution in [-0.2, 0) is 11.3 Å². The number of rotatable bonds is 5. The first kappa shape index (κ1) is 21.8. The zero-order chi connectivity index (χ0) is 23.0. The number of carbonyl (C=O) groups excluding carboxylic acids is 2.